The zero-order valence-corrected chi connectivity index (χ0v) is 18.8. The molecular weight excluding hydrogens is 394 g/mol. The van der Waals surface area contributed by atoms with Gasteiger partial charge >= 0.3 is 0 Å². The Hall–Kier alpha value is -2.62. The molecule has 1 aliphatic carbocycles. The van der Waals surface area contributed by atoms with Crippen LogP contribution in [0.4, 0.5) is 0 Å². The molecule has 3 aromatic carbocycles. The Morgan fingerprint density at radius 3 is 2.12 bits per heavy atom. The van der Waals surface area contributed by atoms with Gasteiger partial charge in [-0.3, -0.25) is 0 Å². The van der Waals surface area contributed by atoms with E-state index in [1.807, 2.05) is 24.3 Å². The van der Waals surface area contributed by atoms with E-state index in [1.165, 1.54) is 42.4 Å². The molecule has 32 heavy (non-hydrogen) atoms. The molecule has 0 amide bonds. The van der Waals surface area contributed by atoms with Crippen molar-refractivity contribution in [1.82, 2.24) is 5.32 Å². The number of ether oxygens (including phenoxy) is 1. The Morgan fingerprint density at radius 1 is 0.812 bits per heavy atom. The molecule has 3 heteroatoms. The van der Waals surface area contributed by atoms with Crippen LogP contribution in [0.5, 0.6) is 5.75 Å². The number of benzene rings is 3. The van der Waals surface area contributed by atoms with Crippen molar-refractivity contribution in [1.29, 1.82) is 0 Å². The topological polar surface area (TPSA) is 41.5 Å². The molecule has 168 valence electrons. The number of aliphatic hydroxyl groups excluding tert-OH is 1. The molecule has 0 spiro atoms. The predicted octanol–water partition coefficient (Wildman–Crippen LogP) is 6.05. The number of hydrogen-bond donors (Lipinski definition) is 2. The zero-order valence-electron chi connectivity index (χ0n) is 18.8. The fourth-order valence-corrected chi connectivity index (χ4v) is 4.76. The van der Waals surface area contributed by atoms with Crippen LogP contribution in [0.2, 0.25) is 0 Å². The number of aliphatic hydroxyl groups is 1. The molecule has 1 saturated carbocycles. The van der Waals surface area contributed by atoms with Crippen molar-refractivity contribution in [3.8, 4) is 5.75 Å². The molecule has 3 nitrogen and oxygen atoms in total. The first kappa shape index (κ1) is 22.6. The number of rotatable bonds is 10. The van der Waals surface area contributed by atoms with Crippen molar-refractivity contribution in [3.05, 3.63) is 102 Å². The van der Waals surface area contributed by atoms with Crippen molar-refractivity contribution in [2.24, 2.45) is 0 Å². The van der Waals surface area contributed by atoms with Crippen molar-refractivity contribution in [3.63, 3.8) is 0 Å². The zero-order chi connectivity index (χ0) is 22.0. The van der Waals surface area contributed by atoms with Gasteiger partial charge in [0.2, 0.25) is 0 Å². The van der Waals surface area contributed by atoms with Crippen LogP contribution >= 0.6 is 0 Å². The number of hydrogen-bond acceptors (Lipinski definition) is 3. The van der Waals surface area contributed by atoms with E-state index in [2.05, 4.69) is 66.0 Å². The Bertz CT molecular complexity index is 903. The Labute approximate surface area is 192 Å². The molecule has 1 atom stereocenters. The van der Waals surface area contributed by atoms with Gasteiger partial charge in [-0.15, -0.1) is 0 Å². The Morgan fingerprint density at radius 2 is 1.47 bits per heavy atom. The van der Waals surface area contributed by atoms with Crippen LogP contribution in [0.3, 0.4) is 0 Å². The van der Waals surface area contributed by atoms with E-state index < -0.39 is 0 Å². The molecule has 0 aliphatic heterocycles. The van der Waals surface area contributed by atoms with Crippen LogP contribution in [0.25, 0.3) is 0 Å². The minimum absolute atomic E-state index is 0.212. The van der Waals surface area contributed by atoms with Crippen LogP contribution in [-0.2, 0) is 6.61 Å². The third kappa shape index (κ3) is 6.44. The largest absolute Gasteiger partial charge is 0.489 e. The highest BCUT2D eigenvalue weighted by molar-refractivity contribution is 5.30. The van der Waals surface area contributed by atoms with Crippen LogP contribution in [0.1, 0.15) is 60.6 Å². The van der Waals surface area contributed by atoms with E-state index >= 15 is 0 Å². The minimum atomic E-state index is 0.212. The van der Waals surface area contributed by atoms with Gasteiger partial charge in [0.25, 0.3) is 0 Å². The van der Waals surface area contributed by atoms with Crippen LogP contribution in [0, 0.1) is 0 Å². The van der Waals surface area contributed by atoms with E-state index in [-0.39, 0.29) is 12.5 Å². The molecule has 0 heterocycles. The molecule has 0 radical (unpaired) electrons. The summed E-state index contributed by atoms with van der Waals surface area (Å²) in [6.45, 7) is 1.78. The second-order valence-electron chi connectivity index (χ2n) is 8.92. The normalized spacial score (nSPS) is 19.4. The van der Waals surface area contributed by atoms with Gasteiger partial charge in [0, 0.05) is 18.6 Å². The number of nitrogens with one attached hydrogen (secondary N) is 1. The van der Waals surface area contributed by atoms with Crippen LogP contribution < -0.4 is 10.1 Å². The fraction of sp³-hybridized carbons (Fsp3) is 0.379. The first-order valence-corrected chi connectivity index (χ1v) is 12.0. The van der Waals surface area contributed by atoms with E-state index in [4.69, 9.17) is 4.74 Å². The van der Waals surface area contributed by atoms with E-state index in [1.54, 1.807) is 0 Å². The van der Waals surface area contributed by atoms with Gasteiger partial charge in [-0.2, -0.15) is 0 Å². The summed E-state index contributed by atoms with van der Waals surface area (Å²) in [6, 6.07) is 29.9. The molecule has 0 saturated heterocycles. The molecule has 4 rings (SSSR count). The van der Waals surface area contributed by atoms with Gasteiger partial charge in [-0.1, -0.05) is 72.8 Å². The summed E-state index contributed by atoms with van der Waals surface area (Å²) in [5.41, 5.74) is 3.85. The summed E-state index contributed by atoms with van der Waals surface area (Å²) >= 11 is 0. The smallest absolute Gasteiger partial charge is 0.119 e. The van der Waals surface area contributed by atoms with Crippen LogP contribution in [-0.4, -0.2) is 24.3 Å². The highest BCUT2D eigenvalue weighted by Gasteiger charge is 2.22. The second kappa shape index (κ2) is 11.8. The minimum Gasteiger partial charge on any atom is -0.489 e. The highest BCUT2D eigenvalue weighted by Crippen LogP contribution is 2.34. The van der Waals surface area contributed by atoms with E-state index in [0.717, 1.165) is 18.7 Å². The lowest BCUT2D eigenvalue weighted by molar-refractivity contribution is 0.254. The third-order valence-corrected chi connectivity index (χ3v) is 6.74. The quantitative estimate of drug-likeness (QED) is 0.412. The van der Waals surface area contributed by atoms with Crippen LogP contribution in [0.15, 0.2) is 84.9 Å². The molecule has 2 N–H and O–H groups in total. The maximum atomic E-state index is 9.75. The lowest BCUT2D eigenvalue weighted by Gasteiger charge is -2.30. The predicted molar refractivity (Wildman–Crippen MR) is 131 cm³/mol. The Kier molecular flexibility index (Phi) is 8.35. The maximum Gasteiger partial charge on any atom is 0.119 e. The molecule has 0 aromatic heterocycles. The average molecular weight is 430 g/mol. The van der Waals surface area contributed by atoms with Gasteiger partial charge in [0.05, 0.1) is 0 Å². The first-order valence-electron chi connectivity index (χ1n) is 12.0. The van der Waals surface area contributed by atoms with Gasteiger partial charge in [-0.05, 0) is 73.4 Å². The first-order chi connectivity index (χ1) is 15.8. The van der Waals surface area contributed by atoms with E-state index in [0.29, 0.717) is 18.6 Å². The van der Waals surface area contributed by atoms with Gasteiger partial charge in [0.1, 0.15) is 12.4 Å². The van der Waals surface area contributed by atoms with Gasteiger partial charge in [-0.25, -0.2) is 0 Å². The molecule has 0 bridgehead atoms. The van der Waals surface area contributed by atoms with Crippen molar-refractivity contribution < 1.29 is 9.84 Å². The Balaban J connectivity index is 1.18. The lowest BCUT2D eigenvalue weighted by atomic mass is 9.81. The van der Waals surface area contributed by atoms with E-state index in [9.17, 15) is 5.11 Å². The lowest BCUT2D eigenvalue weighted by Crippen LogP contribution is -2.34. The summed E-state index contributed by atoms with van der Waals surface area (Å²) in [6.07, 6.45) is 5.86. The standard InChI is InChI=1S/C29H35NO2/c31-21-27(24-9-5-2-6-10-24)19-20-30-28-15-11-25(12-16-28)26-13-17-29(18-14-26)32-22-23-7-3-1-4-8-23/h1-10,13-14,17-18,25,27-28,30-31H,11-12,15-16,19-22H2/t25-,27?,28-. The summed E-state index contributed by atoms with van der Waals surface area (Å²) in [7, 11) is 0. The summed E-state index contributed by atoms with van der Waals surface area (Å²) < 4.78 is 5.93. The van der Waals surface area contributed by atoms with Crippen molar-refractivity contribution in [2.45, 2.75) is 56.6 Å². The van der Waals surface area contributed by atoms with Gasteiger partial charge < -0.3 is 15.2 Å². The van der Waals surface area contributed by atoms with Crippen molar-refractivity contribution >= 4 is 0 Å². The SMILES string of the molecule is OCC(CCN[C@H]1CC[C@H](c2ccc(OCc3ccccc3)cc2)CC1)c1ccccc1. The second-order valence-corrected chi connectivity index (χ2v) is 8.92. The highest BCUT2D eigenvalue weighted by atomic mass is 16.5. The fourth-order valence-electron chi connectivity index (χ4n) is 4.76. The maximum absolute atomic E-state index is 9.75. The average Bonchev–Trinajstić information content (AvgIpc) is 2.87. The summed E-state index contributed by atoms with van der Waals surface area (Å²) in [5.74, 6) is 1.80. The summed E-state index contributed by atoms with van der Waals surface area (Å²) in [4.78, 5) is 0. The van der Waals surface area contributed by atoms with Crippen molar-refractivity contribution in [2.75, 3.05) is 13.2 Å². The molecule has 3 aromatic rings. The third-order valence-electron chi connectivity index (χ3n) is 6.74. The summed E-state index contributed by atoms with van der Waals surface area (Å²) in [5, 5.41) is 13.5. The molecule has 1 aliphatic rings. The molecule has 1 fully saturated rings. The monoisotopic (exact) mass is 429 g/mol. The molecule has 1 unspecified atom stereocenters. The van der Waals surface area contributed by atoms with Gasteiger partial charge in [0.15, 0.2) is 0 Å². The molecular formula is C29H35NO2.